The monoisotopic (exact) mass is 297 g/mol. The van der Waals surface area contributed by atoms with Gasteiger partial charge in [0.05, 0.1) is 25.1 Å². The average Bonchev–Trinajstić information content (AvgIpc) is 2.46. The number of anilines is 1. The van der Waals surface area contributed by atoms with Crippen LogP contribution in [-0.2, 0) is 9.47 Å². The van der Waals surface area contributed by atoms with Gasteiger partial charge in [0.25, 0.3) is 0 Å². The maximum atomic E-state index is 5.78. The third kappa shape index (κ3) is 5.40. The molecule has 0 bridgehead atoms. The topological polar surface area (TPSA) is 60.6 Å². The number of ether oxygens (including phenoxy) is 2. The maximum absolute atomic E-state index is 5.78. The highest BCUT2D eigenvalue weighted by molar-refractivity contribution is 7.80. The third-order valence-corrected chi connectivity index (χ3v) is 3.05. The lowest BCUT2D eigenvalue weighted by Gasteiger charge is -2.26. The zero-order valence-electron chi connectivity index (χ0n) is 12.2. The van der Waals surface area contributed by atoms with E-state index < -0.39 is 0 Å². The van der Waals surface area contributed by atoms with Gasteiger partial charge in [-0.05, 0) is 19.9 Å². The van der Waals surface area contributed by atoms with Crippen molar-refractivity contribution in [3.05, 3.63) is 24.0 Å². The number of pyridine rings is 1. The fraction of sp³-hybridized carbons (Fsp3) is 0.571. The fourth-order valence-electron chi connectivity index (χ4n) is 1.84. The third-order valence-electron chi connectivity index (χ3n) is 2.83. The summed E-state index contributed by atoms with van der Waals surface area (Å²) in [6, 6.07) is 1.84. The van der Waals surface area contributed by atoms with Gasteiger partial charge in [-0.2, -0.15) is 0 Å². The molecule has 0 atom stereocenters. The molecule has 0 amide bonds. The lowest BCUT2D eigenvalue weighted by atomic mass is 10.2. The summed E-state index contributed by atoms with van der Waals surface area (Å²) >= 11 is 5.10. The van der Waals surface area contributed by atoms with Gasteiger partial charge in [-0.3, -0.25) is 4.98 Å². The van der Waals surface area contributed by atoms with Crippen molar-refractivity contribution >= 4 is 22.9 Å². The first-order chi connectivity index (χ1) is 9.70. The molecule has 0 aliphatic heterocycles. The van der Waals surface area contributed by atoms with Gasteiger partial charge in [-0.1, -0.05) is 12.2 Å². The summed E-state index contributed by atoms with van der Waals surface area (Å²) in [6.07, 6.45) is 3.48. The predicted octanol–water partition coefficient (Wildman–Crippen LogP) is 1.60. The van der Waals surface area contributed by atoms with E-state index in [-0.39, 0.29) is 0 Å². The van der Waals surface area contributed by atoms with Crippen molar-refractivity contribution in [2.75, 3.05) is 44.4 Å². The van der Waals surface area contributed by atoms with E-state index in [1.54, 1.807) is 12.4 Å². The van der Waals surface area contributed by atoms with Crippen LogP contribution in [0.25, 0.3) is 0 Å². The normalized spacial score (nSPS) is 10.5. The number of nitrogens with zero attached hydrogens (tertiary/aromatic N) is 2. The second kappa shape index (κ2) is 9.63. The molecule has 20 heavy (non-hydrogen) atoms. The van der Waals surface area contributed by atoms with Crippen molar-refractivity contribution in [1.29, 1.82) is 0 Å². The lowest BCUT2D eigenvalue weighted by Crippen LogP contribution is -2.33. The van der Waals surface area contributed by atoms with E-state index in [0.717, 1.165) is 24.3 Å². The van der Waals surface area contributed by atoms with E-state index in [1.165, 1.54) is 0 Å². The van der Waals surface area contributed by atoms with E-state index in [2.05, 4.69) is 9.88 Å². The van der Waals surface area contributed by atoms with Crippen molar-refractivity contribution in [1.82, 2.24) is 4.98 Å². The van der Waals surface area contributed by atoms with E-state index in [4.69, 9.17) is 27.4 Å². The molecule has 1 rings (SSSR count). The summed E-state index contributed by atoms with van der Waals surface area (Å²) in [5, 5.41) is 0. The maximum Gasteiger partial charge on any atom is 0.106 e. The molecule has 1 aromatic rings. The van der Waals surface area contributed by atoms with Gasteiger partial charge in [-0.15, -0.1) is 0 Å². The Morgan fingerprint density at radius 2 is 1.85 bits per heavy atom. The van der Waals surface area contributed by atoms with E-state index in [0.29, 0.717) is 31.4 Å². The summed E-state index contributed by atoms with van der Waals surface area (Å²) in [5.41, 5.74) is 7.54. The second-order valence-electron chi connectivity index (χ2n) is 4.14. The van der Waals surface area contributed by atoms with Gasteiger partial charge in [0.2, 0.25) is 0 Å². The zero-order valence-corrected chi connectivity index (χ0v) is 13.0. The SMILES string of the molecule is CCOCCN(CCOCC)c1cnccc1C(N)=S. The van der Waals surface area contributed by atoms with Crippen molar-refractivity contribution in [2.45, 2.75) is 13.8 Å². The first-order valence-electron chi connectivity index (χ1n) is 6.84. The van der Waals surface area contributed by atoms with Crippen molar-refractivity contribution in [2.24, 2.45) is 5.73 Å². The van der Waals surface area contributed by atoms with Gasteiger partial charge in [0.1, 0.15) is 4.99 Å². The van der Waals surface area contributed by atoms with Gasteiger partial charge in [0, 0.05) is 38.1 Å². The Morgan fingerprint density at radius 3 is 2.35 bits per heavy atom. The van der Waals surface area contributed by atoms with Gasteiger partial charge in [0.15, 0.2) is 0 Å². The molecular weight excluding hydrogens is 274 g/mol. The predicted molar refractivity (Wildman–Crippen MR) is 85.3 cm³/mol. The van der Waals surface area contributed by atoms with Gasteiger partial charge < -0.3 is 20.1 Å². The number of aromatic nitrogens is 1. The van der Waals surface area contributed by atoms with Crippen molar-refractivity contribution in [3.63, 3.8) is 0 Å². The number of rotatable bonds is 10. The van der Waals surface area contributed by atoms with Crippen LogP contribution in [0, 0.1) is 0 Å². The van der Waals surface area contributed by atoms with Crippen LogP contribution < -0.4 is 10.6 Å². The van der Waals surface area contributed by atoms with Crippen LogP contribution in [0.2, 0.25) is 0 Å². The highest BCUT2D eigenvalue weighted by Gasteiger charge is 2.13. The molecule has 0 fully saturated rings. The molecule has 0 saturated carbocycles. The summed E-state index contributed by atoms with van der Waals surface area (Å²) in [6.45, 7) is 8.17. The molecule has 6 heteroatoms. The summed E-state index contributed by atoms with van der Waals surface area (Å²) in [4.78, 5) is 6.69. The molecule has 0 aliphatic rings. The second-order valence-corrected chi connectivity index (χ2v) is 4.58. The first kappa shape index (κ1) is 16.8. The molecular formula is C14H23N3O2S. The van der Waals surface area contributed by atoms with E-state index in [1.807, 2.05) is 19.9 Å². The highest BCUT2D eigenvalue weighted by atomic mass is 32.1. The smallest absolute Gasteiger partial charge is 0.106 e. The molecule has 2 N–H and O–H groups in total. The molecule has 0 unspecified atom stereocenters. The Bertz CT molecular complexity index is 405. The Labute approximate surface area is 126 Å². The molecule has 1 heterocycles. The van der Waals surface area contributed by atoms with Crippen LogP contribution in [0.3, 0.4) is 0 Å². The lowest BCUT2D eigenvalue weighted by molar-refractivity contribution is 0.141. The number of thiocarbonyl (C=S) groups is 1. The number of hydrogen-bond donors (Lipinski definition) is 1. The Hall–Kier alpha value is -1.24. The summed E-state index contributed by atoms with van der Waals surface area (Å²) in [7, 11) is 0. The molecule has 0 radical (unpaired) electrons. The van der Waals surface area contributed by atoms with Crippen LogP contribution >= 0.6 is 12.2 Å². The molecule has 1 aromatic heterocycles. The molecule has 5 nitrogen and oxygen atoms in total. The van der Waals surface area contributed by atoms with E-state index in [9.17, 15) is 0 Å². The Kier molecular flexibility index (Phi) is 8.10. The minimum atomic E-state index is 0.375. The first-order valence-corrected chi connectivity index (χ1v) is 7.25. The highest BCUT2D eigenvalue weighted by Crippen LogP contribution is 2.18. The van der Waals surface area contributed by atoms with Crippen LogP contribution in [0.5, 0.6) is 0 Å². The summed E-state index contributed by atoms with van der Waals surface area (Å²) < 4.78 is 10.9. The van der Waals surface area contributed by atoms with Crippen LogP contribution in [-0.4, -0.2) is 49.5 Å². The average molecular weight is 297 g/mol. The Balaban J connectivity index is 2.81. The van der Waals surface area contributed by atoms with Crippen molar-refractivity contribution in [3.8, 4) is 0 Å². The summed E-state index contributed by atoms with van der Waals surface area (Å²) in [5.74, 6) is 0. The van der Waals surface area contributed by atoms with Gasteiger partial charge in [-0.25, -0.2) is 0 Å². The number of hydrogen-bond acceptors (Lipinski definition) is 5. The largest absolute Gasteiger partial charge is 0.389 e. The van der Waals surface area contributed by atoms with Crippen LogP contribution in [0.4, 0.5) is 5.69 Å². The zero-order chi connectivity index (χ0) is 14.8. The molecule has 0 aromatic carbocycles. The Morgan fingerprint density at radius 1 is 1.25 bits per heavy atom. The van der Waals surface area contributed by atoms with Gasteiger partial charge >= 0.3 is 0 Å². The molecule has 0 aliphatic carbocycles. The standard InChI is InChI=1S/C14H23N3O2S/c1-3-18-9-7-17(8-10-19-4-2)13-11-16-6-5-12(13)14(15)20/h5-6,11H,3-4,7-10H2,1-2H3,(H2,15,20). The molecule has 0 spiro atoms. The molecule has 112 valence electrons. The van der Waals surface area contributed by atoms with Crippen molar-refractivity contribution < 1.29 is 9.47 Å². The van der Waals surface area contributed by atoms with Crippen LogP contribution in [0.1, 0.15) is 19.4 Å². The van der Waals surface area contributed by atoms with E-state index >= 15 is 0 Å². The fourth-order valence-corrected chi connectivity index (χ4v) is 2.01. The minimum Gasteiger partial charge on any atom is -0.389 e. The molecule has 0 saturated heterocycles. The number of nitrogens with two attached hydrogens (primary N) is 1. The quantitative estimate of drug-likeness (QED) is 0.523. The van der Waals surface area contributed by atoms with Crippen LogP contribution in [0.15, 0.2) is 18.5 Å². The minimum absolute atomic E-state index is 0.375.